The monoisotopic (exact) mass is 800 g/mol. The van der Waals surface area contributed by atoms with Crippen LogP contribution >= 0.6 is 0 Å². The first-order valence-corrected chi connectivity index (χ1v) is 21.5. The molecule has 53 heavy (non-hydrogen) atoms. The van der Waals surface area contributed by atoms with Gasteiger partial charge in [-0.25, -0.2) is 33.7 Å². The standard InChI is InChI=1S/C35H36N4O10S4/c1-23-20-24(2)35(53(46,47)37-27-13-11-15-29(22-27)51(42,43)39-31-17-7-9-19-33(31)49-5)25(3)34(23)52(44,45)36-26-12-10-14-28(21-26)50(40,41)38-30-16-6-8-18-32(30)48-4/h6-22,36-39H,1-5H3. The number of hydrogen-bond acceptors (Lipinski definition) is 10. The Kier molecular flexibility index (Phi) is 11.0. The van der Waals surface area contributed by atoms with Gasteiger partial charge in [0.15, 0.2) is 0 Å². The third-order valence-corrected chi connectivity index (χ3v) is 13.9. The minimum atomic E-state index is -4.52. The lowest BCUT2D eigenvalue weighted by atomic mass is 10.1. The van der Waals surface area contributed by atoms with Crippen LogP contribution in [0.3, 0.4) is 0 Å². The topological polar surface area (TPSA) is 203 Å². The number of benzene rings is 5. The van der Waals surface area contributed by atoms with Crippen LogP contribution in [-0.4, -0.2) is 47.9 Å². The Hall–Kier alpha value is -5.30. The van der Waals surface area contributed by atoms with E-state index in [0.717, 1.165) is 12.1 Å². The van der Waals surface area contributed by atoms with Gasteiger partial charge in [0.2, 0.25) is 0 Å². The van der Waals surface area contributed by atoms with Gasteiger partial charge in [0.05, 0.1) is 56.6 Å². The molecular formula is C35H36N4O10S4. The lowest BCUT2D eigenvalue weighted by Gasteiger charge is -2.19. The van der Waals surface area contributed by atoms with E-state index < -0.39 is 40.1 Å². The number of anilines is 4. The summed E-state index contributed by atoms with van der Waals surface area (Å²) in [4.78, 5) is -1.20. The molecule has 0 bridgehead atoms. The van der Waals surface area contributed by atoms with Gasteiger partial charge in [-0.15, -0.1) is 0 Å². The zero-order valence-corrected chi connectivity index (χ0v) is 32.3. The minimum Gasteiger partial charge on any atom is -0.495 e. The van der Waals surface area contributed by atoms with Crippen molar-refractivity contribution in [3.05, 3.63) is 120 Å². The minimum absolute atomic E-state index is 0.102. The number of aryl methyl sites for hydroxylation is 2. The quantitative estimate of drug-likeness (QED) is 0.106. The van der Waals surface area contributed by atoms with Crippen molar-refractivity contribution in [1.29, 1.82) is 0 Å². The summed E-state index contributed by atoms with van der Waals surface area (Å²) in [5.74, 6) is 0.551. The Balaban J connectivity index is 1.44. The van der Waals surface area contributed by atoms with Crippen LogP contribution in [0.15, 0.2) is 123 Å². The Morgan fingerprint density at radius 1 is 0.434 bits per heavy atom. The van der Waals surface area contributed by atoms with Gasteiger partial charge in [-0.05, 0) is 98.1 Å². The smallest absolute Gasteiger partial charge is 0.262 e. The Morgan fingerprint density at radius 3 is 1.19 bits per heavy atom. The van der Waals surface area contributed by atoms with E-state index in [2.05, 4.69) is 18.9 Å². The molecule has 0 aliphatic rings. The maximum atomic E-state index is 13.9. The molecule has 4 N–H and O–H groups in total. The largest absolute Gasteiger partial charge is 0.495 e. The van der Waals surface area contributed by atoms with Crippen molar-refractivity contribution in [2.24, 2.45) is 0 Å². The molecule has 280 valence electrons. The highest BCUT2D eigenvalue weighted by Gasteiger charge is 2.30. The average molecular weight is 801 g/mol. The van der Waals surface area contributed by atoms with Crippen molar-refractivity contribution in [1.82, 2.24) is 0 Å². The zero-order valence-electron chi connectivity index (χ0n) is 29.0. The SMILES string of the molecule is COc1ccccc1NS(=O)(=O)c1cccc(NS(=O)(=O)c2c(C)cc(C)c(S(=O)(=O)Nc3cccc(S(=O)(=O)Nc4ccccc4OC)c3)c2C)c1. The molecule has 0 amide bonds. The maximum Gasteiger partial charge on any atom is 0.262 e. The van der Waals surface area contributed by atoms with Crippen molar-refractivity contribution in [2.45, 2.75) is 40.4 Å². The van der Waals surface area contributed by atoms with Crippen LogP contribution in [0.2, 0.25) is 0 Å². The van der Waals surface area contributed by atoms with E-state index in [9.17, 15) is 33.7 Å². The molecule has 0 saturated heterocycles. The van der Waals surface area contributed by atoms with Gasteiger partial charge in [-0.3, -0.25) is 18.9 Å². The number of rotatable bonds is 14. The summed E-state index contributed by atoms with van der Waals surface area (Å²) < 4.78 is 129. The fourth-order valence-corrected chi connectivity index (χ4v) is 11.1. The van der Waals surface area contributed by atoms with Gasteiger partial charge in [0.1, 0.15) is 11.5 Å². The number of para-hydroxylation sites is 4. The number of nitrogens with one attached hydrogen (secondary N) is 4. The summed E-state index contributed by atoms with van der Waals surface area (Å²) >= 11 is 0. The van der Waals surface area contributed by atoms with E-state index >= 15 is 0 Å². The highest BCUT2D eigenvalue weighted by molar-refractivity contribution is 7.94. The van der Waals surface area contributed by atoms with E-state index in [4.69, 9.17) is 9.47 Å². The van der Waals surface area contributed by atoms with Gasteiger partial charge in [0.25, 0.3) is 40.1 Å². The molecule has 0 radical (unpaired) electrons. The summed E-state index contributed by atoms with van der Waals surface area (Å²) in [6.45, 7) is 4.33. The molecule has 0 aromatic heterocycles. The van der Waals surface area contributed by atoms with Crippen molar-refractivity contribution < 1.29 is 43.1 Å². The first-order chi connectivity index (χ1) is 24.9. The fourth-order valence-electron chi connectivity index (χ4n) is 5.71. The molecule has 0 aliphatic carbocycles. The summed E-state index contributed by atoms with van der Waals surface area (Å²) in [6, 6.07) is 24.3. The van der Waals surface area contributed by atoms with Crippen LogP contribution in [0.1, 0.15) is 16.7 Å². The van der Waals surface area contributed by atoms with Gasteiger partial charge in [0, 0.05) is 0 Å². The molecule has 0 spiro atoms. The second kappa shape index (κ2) is 15.0. The van der Waals surface area contributed by atoms with Gasteiger partial charge < -0.3 is 9.47 Å². The third-order valence-electron chi connectivity index (χ3n) is 7.86. The molecular weight excluding hydrogens is 765 g/mol. The van der Waals surface area contributed by atoms with Gasteiger partial charge in [-0.2, -0.15) is 0 Å². The predicted octanol–water partition coefficient (Wildman–Crippen LogP) is 5.83. The van der Waals surface area contributed by atoms with Crippen LogP contribution in [-0.2, 0) is 40.1 Å². The van der Waals surface area contributed by atoms with Gasteiger partial charge >= 0.3 is 0 Å². The van der Waals surface area contributed by atoms with Crippen molar-refractivity contribution >= 4 is 62.8 Å². The van der Waals surface area contributed by atoms with Crippen LogP contribution in [0, 0.1) is 20.8 Å². The summed E-state index contributed by atoms with van der Waals surface area (Å²) in [6.07, 6.45) is 0. The van der Waals surface area contributed by atoms with E-state index in [0.29, 0.717) is 0 Å². The number of hydrogen-bond donors (Lipinski definition) is 4. The zero-order chi connectivity index (χ0) is 38.8. The molecule has 0 saturated carbocycles. The Labute approximate surface area is 309 Å². The number of sulfonamides is 4. The number of ether oxygens (including phenoxy) is 2. The molecule has 0 aliphatic heterocycles. The van der Waals surface area contributed by atoms with Crippen molar-refractivity contribution in [3.63, 3.8) is 0 Å². The molecule has 5 rings (SSSR count). The highest BCUT2D eigenvalue weighted by atomic mass is 32.2. The lowest BCUT2D eigenvalue weighted by molar-refractivity contribution is 0.417. The molecule has 5 aromatic carbocycles. The molecule has 0 atom stereocenters. The van der Waals surface area contributed by atoms with E-state index in [1.807, 2.05) is 0 Å². The van der Waals surface area contributed by atoms with Crippen molar-refractivity contribution in [2.75, 3.05) is 33.1 Å². The summed E-state index contributed by atoms with van der Waals surface area (Å²) in [5, 5.41) is 0. The van der Waals surface area contributed by atoms with E-state index in [1.165, 1.54) is 89.6 Å². The van der Waals surface area contributed by atoms with Gasteiger partial charge in [-0.1, -0.05) is 42.5 Å². The Morgan fingerprint density at radius 2 is 0.811 bits per heavy atom. The molecule has 18 heteroatoms. The Bertz CT molecular complexity index is 2470. The maximum absolute atomic E-state index is 13.9. The first kappa shape index (κ1) is 38.9. The number of methoxy groups -OCH3 is 2. The lowest BCUT2D eigenvalue weighted by Crippen LogP contribution is -2.21. The highest BCUT2D eigenvalue weighted by Crippen LogP contribution is 2.34. The second-order valence-electron chi connectivity index (χ2n) is 11.7. The molecule has 5 aromatic rings. The summed E-state index contributed by atoms with van der Waals surface area (Å²) in [7, 11) is -14.7. The molecule has 0 unspecified atom stereocenters. The third kappa shape index (κ3) is 8.51. The summed E-state index contributed by atoms with van der Waals surface area (Å²) in [5.41, 5.74) is 0.473. The first-order valence-electron chi connectivity index (χ1n) is 15.6. The molecule has 14 nitrogen and oxygen atoms in total. The van der Waals surface area contributed by atoms with Crippen LogP contribution < -0.4 is 28.4 Å². The molecule has 0 heterocycles. The van der Waals surface area contributed by atoms with Crippen LogP contribution in [0.4, 0.5) is 22.7 Å². The normalized spacial score (nSPS) is 12.1. The van der Waals surface area contributed by atoms with Crippen molar-refractivity contribution in [3.8, 4) is 11.5 Å². The van der Waals surface area contributed by atoms with Crippen LogP contribution in [0.5, 0.6) is 11.5 Å². The van der Waals surface area contributed by atoms with E-state index in [1.54, 1.807) is 36.4 Å². The average Bonchev–Trinajstić information content (AvgIpc) is 3.07. The second-order valence-corrected chi connectivity index (χ2v) is 18.3. The predicted molar refractivity (Wildman–Crippen MR) is 203 cm³/mol. The van der Waals surface area contributed by atoms with E-state index in [-0.39, 0.29) is 70.5 Å². The molecule has 0 fully saturated rings. The van der Waals surface area contributed by atoms with Crippen LogP contribution in [0.25, 0.3) is 0 Å². The fraction of sp³-hybridized carbons (Fsp3) is 0.143.